The highest BCUT2D eigenvalue weighted by atomic mass is 15.2. The van der Waals surface area contributed by atoms with Gasteiger partial charge in [-0.15, -0.1) is 0 Å². The van der Waals surface area contributed by atoms with E-state index >= 15 is 0 Å². The fourth-order valence-corrected chi connectivity index (χ4v) is 3.94. The third-order valence-corrected chi connectivity index (χ3v) is 4.92. The number of likely N-dealkylation sites (tertiary alicyclic amines) is 2. The largest absolute Gasteiger partial charge is 0.298 e. The van der Waals surface area contributed by atoms with Crippen LogP contribution in [-0.2, 0) is 13.1 Å². The van der Waals surface area contributed by atoms with Gasteiger partial charge in [-0.05, 0) is 41.2 Å². The Kier molecular flexibility index (Phi) is 3.87. The molecule has 0 saturated carbocycles. The van der Waals surface area contributed by atoms with Crippen LogP contribution in [0.3, 0.4) is 0 Å². The molecular formula is C18H22N4. The molecule has 4 rings (SSSR count). The van der Waals surface area contributed by atoms with E-state index in [2.05, 4.69) is 38.0 Å². The van der Waals surface area contributed by atoms with E-state index in [9.17, 15) is 0 Å². The van der Waals surface area contributed by atoms with Crippen LogP contribution in [0.25, 0.3) is 0 Å². The summed E-state index contributed by atoms with van der Waals surface area (Å²) in [4.78, 5) is 13.5. The monoisotopic (exact) mass is 294 g/mol. The van der Waals surface area contributed by atoms with Gasteiger partial charge < -0.3 is 0 Å². The lowest BCUT2D eigenvalue weighted by Gasteiger charge is -2.21. The van der Waals surface area contributed by atoms with Crippen molar-refractivity contribution in [3.05, 3.63) is 60.2 Å². The van der Waals surface area contributed by atoms with Gasteiger partial charge in [-0.25, -0.2) is 0 Å². The van der Waals surface area contributed by atoms with Crippen molar-refractivity contribution < 1.29 is 0 Å². The number of pyridine rings is 2. The standard InChI is InChI=1S/C18H22N4/c1-2-16(8-20-5-1)10-22-13-17-11-21(12-18(17)14-22)9-15-3-6-19-7-4-15/h1-8,17-18H,9-14H2/t17-,18-/m0/s1. The Morgan fingerprint density at radius 1 is 0.773 bits per heavy atom. The van der Waals surface area contributed by atoms with Crippen LogP contribution in [0, 0.1) is 11.8 Å². The van der Waals surface area contributed by atoms with Crippen molar-refractivity contribution in [2.24, 2.45) is 11.8 Å². The van der Waals surface area contributed by atoms with Gasteiger partial charge in [0.25, 0.3) is 0 Å². The van der Waals surface area contributed by atoms with E-state index in [0.29, 0.717) is 0 Å². The van der Waals surface area contributed by atoms with Crippen molar-refractivity contribution in [2.45, 2.75) is 13.1 Å². The van der Waals surface area contributed by atoms with Gasteiger partial charge in [-0.3, -0.25) is 19.8 Å². The van der Waals surface area contributed by atoms with Crippen LogP contribution < -0.4 is 0 Å². The minimum atomic E-state index is 0.832. The van der Waals surface area contributed by atoms with Crippen LogP contribution in [0.4, 0.5) is 0 Å². The molecule has 4 heterocycles. The quantitative estimate of drug-likeness (QED) is 0.864. The van der Waals surface area contributed by atoms with E-state index in [1.165, 1.54) is 37.3 Å². The summed E-state index contributed by atoms with van der Waals surface area (Å²) in [5, 5.41) is 0. The normalized spacial score (nSPS) is 25.5. The molecule has 0 N–H and O–H groups in total. The minimum absolute atomic E-state index is 0.832. The van der Waals surface area contributed by atoms with Gasteiger partial charge >= 0.3 is 0 Å². The van der Waals surface area contributed by atoms with E-state index in [4.69, 9.17) is 0 Å². The second kappa shape index (κ2) is 6.15. The molecule has 4 nitrogen and oxygen atoms in total. The maximum atomic E-state index is 4.22. The topological polar surface area (TPSA) is 32.3 Å². The molecule has 0 amide bonds. The molecule has 2 fully saturated rings. The van der Waals surface area contributed by atoms with Gasteiger partial charge in [0, 0.05) is 64.1 Å². The lowest BCUT2D eigenvalue weighted by atomic mass is 10.0. The van der Waals surface area contributed by atoms with Crippen LogP contribution >= 0.6 is 0 Å². The minimum Gasteiger partial charge on any atom is -0.298 e. The predicted octanol–water partition coefficient (Wildman–Crippen LogP) is 2.04. The van der Waals surface area contributed by atoms with Gasteiger partial charge in [0.2, 0.25) is 0 Å². The van der Waals surface area contributed by atoms with Crippen molar-refractivity contribution >= 4 is 0 Å². The van der Waals surface area contributed by atoms with Gasteiger partial charge in [0.15, 0.2) is 0 Å². The highest BCUT2D eigenvalue weighted by Crippen LogP contribution is 2.32. The van der Waals surface area contributed by atoms with Gasteiger partial charge in [-0.1, -0.05) is 6.07 Å². The van der Waals surface area contributed by atoms with Crippen molar-refractivity contribution in [3.63, 3.8) is 0 Å². The first-order chi connectivity index (χ1) is 10.9. The zero-order valence-electron chi connectivity index (χ0n) is 12.8. The Balaban J connectivity index is 1.31. The van der Waals surface area contributed by atoms with E-state index in [-0.39, 0.29) is 0 Å². The molecule has 0 aromatic carbocycles. The Morgan fingerprint density at radius 2 is 1.41 bits per heavy atom. The molecule has 0 aliphatic carbocycles. The molecule has 2 aromatic rings. The molecule has 0 radical (unpaired) electrons. The van der Waals surface area contributed by atoms with Crippen molar-refractivity contribution in [3.8, 4) is 0 Å². The Hall–Kier alpha value is -1.78. The highest BCUT2D eigenvalue weighted by Gasteiger charge is 2.39. The first-order valence-electron chi connectivity index (χ1n) is 8.09. The smallest absolute Gasteiger partial charge is 0.0312 e. The first-order valence-corrected chi connectivity index (χ1v) is 8.09. The maximum Gasteiger partial charge on any atom is 0.0312 e. The first kappa shape index (κ1) is 13.9. The fraction of sp³-hybridized carbons (Fsp3) is 0.444. The number of rotatable bonds is 4. The summed E-state index contributed by atoms with van der Waals surface area (Å²) in [5.41, 5.74) is 2.71. The molecule has 2 atom stereocenters. The molecule has 0 spiro atoms. The van der Waals surface area contributed by atoms with Crippen LogP contribution in [0.5, 0.6) is 0 Å². The molecule has 0 bridgehead atoms. The van der Waals surface area contributed by atoms with Crippen LogP contribution in [0.2, 0.25) is 0 Å². The van der Waals surface area contributed by atoms with E-state index in [1.54, 1.807) is 0 Å². The summed E-state index contributed by atoms with van der Waals surface area (Å²) in [6.45, 7) is 7.04. The molecule has 0 unspecified atom stereocenters. The average molecular weight is 294 g/mol. The number of nitrogens with zero attached hydrogens (tertiary/aromatic N) is 4. The summed E-state index contributed by atoms with van der Waals surface area (Å²) in [6, 6.07) is 8.46. The number of fused-ring (bicyclic) bond motifs is 1. The maximum absolute atomic E-state index is 4.22. The molecule has 2 aromatic heterocycles. The highest BCUT2D eigenvalue weighted by molar-refractivity contribution is 5.11. The number of hydrogen-bond donors (Lipinski definition) is 0. The van der Waals surface area contributed by atoms with Crippen molar-refractivity contribution in [2.75, 3.05) is 26.2 Å². The van der Waals surface area contributed by atoms with Gasteiger partial charge in [0.1, 0.15) is 0 Å². The summed E-state index contributed by atoms with van der Waals surface area (Å²) in [7, 11) is 0. The van der Waals surface area contributed by atoms with Crippen LogP contribution in [0.15, 0.2) is 49.1 Å². The zero-order valence-corrected chi connectivity index (χ0v) is 12.8. The summed E-state index contributed by atoms with van der Waals surface area (Å²) in [5.74, 6) is 1.66. The van der Waals surface area contributed by atoms with E-state index in [1.807, 2.05) is 30.9 Å². The molecule has 22 heavy (non-hydrogen) atoms. The molecular weight excluding hydrogens is 272 g/mol. The molecule has 2 saturated heterocycles. The number of hydrogen-bond acceptors (Lipinski definition) is 4. The molecule has 114 valence electrons. The summed E-state index contributed by atoms with van der Waals surface area (Å²) < 4.78 is 0. The Labute approximate surface area is 131 Å². The lowest BCUT2D eigenvalue weighted by molar-refractivity contribution is 0.246. The van der Waals surface area contributed by atoms with E-state index in [0.717, 1.165) is 24.9 Å². The Morgan fingerprint density at radius 3 is 2.00 bits per heavy atom. The SMILES string of the molecule is c1cncc(CN2C[C@@H]3CN(Cc4ccncc4)C[C@H]3C2)c1. The summed E-state index contributed by atoms with van der Waals surface area (Å²) in [6.07, 6.45) is 7.62. The van der Waals surface area contributed by atoms with Gasteiger partial charge in [0.05, 0.1) is 0 Å². The lowest BCUT2D eigenvalue weighted by Crippen LogP contribution is -2.28. The van der Waals surface area contributed by atoms with Crippen LogP contribution in [-0.4, -0.2) is 45.9 Å². The van der Waals surface area contributed by atoms with Crippen molar-refractivity contribution in [1.29, 1.82) is 0 Å². The van der Waals surface area contributed by atoms with E-state index < -0.39 is 0 Å². The second-order valence-corrected chi connectivity index (χ2v) is 6.63. The fourth-order valence-electron chi connectivity index (χ4n) is 3.94. The number of aromatic nitrogens is 2. The zero-order chi connectivity index (χ0) is 14.8. The molecule has 2 aliphatic rings. The Bertz CT molecular complexity index is 533. The third-order valence-electron chi connectivity index (χ3n) is 4.92. The van der Waals surface area contributed by atoms with Crippen LogP contribution in [0.1, 0.15) is 11.1 Å². The molecule has 2 aliphatic heterocycles. The second-order valence-electron chi connectivity index (χ2n) is 6.63. The van der Waals surface area contributed by atoms with Gasteiger partial charge in [-0.2, -0.15) is 0 Å². The predicted molar refractivity (Wildman–Crippen MR) is 86.0 cm³/mol. The molecule has 4 heteroatoms. The van der Waals surface area contributed by atoms with Crippen molar-refractivity contribution in [1.82, 2.24) is 19.8 Å². The average Bonchev–Trinajstić information content (AvgIpc) is 3.07. The third kappa shape index (κ3) is 3.03. The summed E-state index contributed by atoms with van der Waals surface area (Å²) >= 11 is 0.